The molecule has 1 aliphatic heterocycles. The third kappa shape index (κ3) is 4.82. The molecule has 3 atom stereocenters. The van der Waals surface area contributed by atoms with Crippen molar-refractivity contribution in [3.63, 3.8) is 0 Å². The second-order valence-electron chi connectivity index (χ2n) is 12.1. The summed E-state index contributed by atoms with van der Waals surface area (Å²) in [4.78, 5) is 18.4. The summed E-state index contributed by atoms with van der Waals surface area (Å²) in [7, 11) is -2.30. The molecule has 0 spiro atoms. The molecule has 40 heavy (non-hydrogen) atoms. The minimum atomic E-state index is -2.30. The molecule has 6 heteroatoms. The smallest absolute Gasteiger partial charge is 0.224 e. The lowest BCUT2D eigenvalue weighted by molar-refractivity contribution is -0.150. The van der Waals surface area contributed by atoms with Gasteiger partial charge < -0.3 is 9.67 Å². The van der Waals surface area contributed by atoms with Gasteiger partial charge in [-0.15, -0.1) is 11.8 Å². The third-order valence-corrected chi connectivity index (χ3v) is 16.1. The van der Waals surface area contributed by atoms with E-state index in [1.807, 2.05) is 30.3 Å². The van der Waals surface area contributed by atoms with Gasteiger partial charge in [-0.1, -0.05) is 131 Å². The summed E-state index contributed by atoms with van der Waals surface area (Å²) >= 11 is 1.78. The first-order valence-corrected chi connectivity index (χ1v) is 17.7. The Balaban J connectivity index is 1.73. The number of aliphatic hydroxyl groups is 1. The molecular formula is C34H38N2O2SSi. The lowest BCUT2D eigenvalue weighted by Crippen LogP contribution is -2.73. The van der Waals surface area contributed by atoms with Crippen LogP contribution in [0.2, 0.25) is 18.1 Å². The molecule has 1 aromatic heterocycles. The minimum absolute atomic E-state index is 0.0310. The number of carbonyl (C=O) groups is 1. The molecule has 4 aromatic rings. The molecule has 1 amide bonds. The maximum Gasteiger partial charge on any atom is 0.224 e. The van der Waals surface area contributed by atoms with Gasteiger partial charge in [0.25, 0.3) is 0 Å². The fourth-order valence-corrected chi connectivity index (χ4v) is 10.5. The van der Waals surface area contributed by atoms with Gasteiger partial charge in [-0.05, 0) is 33.4 Å². The van der Waals surface area contributed by atoms with Crippen LogP contribution in [0.15, 0.2) is 116 Å². The van der Waals surface area contributed by atoms with E-state index in [0.717, 1.165) is 16.7 Å². The molecule has 1 N–H and O–H groups in total. The minimum Gasteiger partial charge on any atom is -0.387 e. The van der Waals surface area contributed by atoms with Gasteiger partial charge >= 0.3 is 0 Å². The van der Waals surface area contributed by atoms with E-state index in [1.165, 1.54) is 0 Å². The molecule has 3 unspecified atom stereocenters. The van der Waals surface area contributed by atoms with E-state index < -0.39 is 25.0 Å². The summed E-state index contributed by atoms with van der Waals surface area (Å²) in [5.41, 5.74) is 4.09. The van der Waals surface area contributed by atoms with Crippen molar-refractivity contribution in [1.29, 1.82) is 0 Å². The number of amides is 1. The van der Waals surface area contributed by atoms with Crippen molar-refractivity contribution >= 4 is 25.9 Å². The molecule has 206 valence electrons. The van der Waals surface area contributed by atoms with Crippen molar-refractivity contribution in [2.75, 3.05) is 0 Å². The average molecular weight is 567 g/mol. The fraction of sp³-hybridized carbons (Fsp3) is 0.294. The van der Waals surface area contributed by atoms with Crippen LogP contribution in [-0.2, 0) is 9.54 Å². The molecule has 0 radical (unpaired) electrons. The van der Waals surface area contributed by atoms with E-state index in [0.29, 0.717) is 5.56 Å². The lowest BCUT2D eigenvalue weighted by Gasteiger charge is -2.60. The van der Waals surface area contributed by atoms with Crippen LogP contribution in [0.5, 0.6) is 0 Å². The number of aliphatic hydroxyl groups excluding tert-OH is 1. The Morgan fingerprint density at radius 3 is 1.68 bits per heavy atom. The second-order valence-corrected chi connectivity index (χ2v) is 18.5. The Hall–Kier alpha value is -3.19. The largest absolute Gasteiger partial charge is 0.387 e. The predicted octanol–water partition coefficient (Wildman–Crippen LogP) is 7.63. The third-order valence-electron chi connectivity index (χ3n) is 8.73. The highest BCUT2D eigenvalue weighted by molar-refractivity contribution is 8.01. The number of hydrogen-bond donors (Lipinski definition) is 1. The molecule has 0 saturated carbocycles. The van der Waals surface area contributed by atoms with E-state index in [2.05, 4.69) is 116 Å². The summed E-state index contributed by atoms with van der Waals surface area (Å²) in [5.74, 6) is -0.553. The number of nitrogens with zero attached hydrogens (tertiary/aromatic N) is 2. The first-order valence-electron chi connectivity index (χ1n) is 13.8. The van der Waals surface area contributed by atoms with Crippen LogP contribution in [0.25, 0.3) is 0 Å². The number of carbonyl (C=O) groups excluding carboxylic acids is 1. The van der Waals surface area contributed by atoms with E-state index in [1.54, 1.807) is 24.2 Å². The Morgan fingerprint density at radius 2 is 1.27 bits per heavy atom. The highest BCUT2D eigenvalue weighted by atomic mass is 32.2. The van der Waals surface area contributed by atoms with Gasteiger partial charge in [0.1, 0.15) is 0 Å². The van der Waals surface area contributed by atoms with Gasteiger partial charge in [-0.3, -0.25) is 9.78 Å². The molecule has 1 saturated heterocycles. The average Bonchev–Trinajstić information content (AvgIpc) is 2.96. The zero-order chi connectivity index (χ0) is 28.5. The Bertz CT molecular complexity index is 1330. The molecule has 3 aromatic carbocycles. The fourth-order valence-electron chi connectivity index (χ4n) is 5.52. The van der Waals surface area contributed by atoms with Gasteiger partial charge in [0.15, 0.2) is 8.24 Å². The number of rotatable bonds is 8. The van der Waals surface area contributed by atoms with Gasteiger partial charge in [-0.2, -0.15) is 0 Å². The summed E-state index contributed by atoms with van der Waals surface area (Å²) in [6, 6.07) is 35.3. The molecule has 0 aliphatic carbocycles. The second kappa shape index (κ2) is 11.0. The monoisotopic (exact) mass is 566 g/mol. The highest BCUT2D eigenvalue weighted by Gasteiger charge is 2.61. The first-order chi connectivity index (χ1) is 19.1. The first kappa shape index (κ1) is 28.3. The zero-order valence-electron chi connectivity index (χ0n) is 23.9. The van der Waals surface area contributed by atoms with Crippen LogP contribution in [0.1, 0.15) is 49.1 Å². The highest BCUT2D eigenvalue weighted by Crippen LogP contribution is 2.58. The molecule has 1 aliphatic rings. The number of aromatic nitrogens is 1. The Morgan fingerprint density at radius 1 is 0.800 bits per heavy atom. The van der Waals surface area contributed by atoms with Gasteiger partial charge in [0, 0.05) is 12.4 Å². The summed E-state index contributed by atoms with van der Waals surface area (Å²) in [6.45, 7) is 11.3. The van der Waals surface area contributed by atoms with Crippen molar-refractivity contribution in [2.24, 2.45) is 5.92 Å². The molecule has 1 fully saturated rings. The molecular weight excluding hydrogens is 529 g/mol. The zero-order valence-corrected chi connectivity index (χ0v) is 25.7. The maximum atomic E-state index is 14.1. The maximum absolute atomic E-state index is 14.1. The molecule has 5 rings (SSSR count). The normalized spacial score (nSPS) is 18.8. The molecule has 4 nitrogen and oxygen atoms in total. The Kier molecular flexibility index (Phi) is 7.79. The summed E-state index contributed by atoms with van der Waals surface area (Å²) < 4.78 is 1.55. The standard InChI is InChI=1S/C34H38N2O2SSi/c1-33(2,3)40(4,5)36-31(38)29(30(37)25-16-15-23-35-24-25)32(36)39-34(26-17-9-6-10-18-26,27-19-11-7-12-20-27)28-21-13-8-14-22-28/h6-24,29-30,32,37H,1-5H3. The number of benzene rings is 3. The number of pyridine rings is 1. The van der Waals surface area contributed by atoms with Crippen molar-refractivity contribution in [3.05, 3.63) is 138 Å². The predicted molar refractivity (Wildman–Crippen MR) is 167 cm³/mol. The van der Waals surface area contributed by atoms with Crippen molar-refractivity contribution in [3.8, 4) is 0 Å². The van der Waals surface area contributed by atoms with Crippen LogP contribution in [0.4, 0.5) is 0 Å². The molecule has 0 bridgehead atoms. The topological polar surface area (TPSA) is 53.4 Å². The lowest BCUT2D eigenvalue weighted by atomic mass is 9.84. The SMILES string of the molecule is CC(C)(C)[Si](C)(C)N1C(=O)C(C(O)c2cccnc2)C1SC(c1ccccc1)(c1ccccc1)c1ccccc1. The van der Waals surface area contributed by atoms with Crippen LogP contribution in [0, 0.1) is 5.92 Å². The number of hydrogen-bond acceptors (Lipinski definition) is 4. The summed E-state index contributed by atoms with van der Waals surface area (Å²) in [6.07, 6.45) is 2.42. The Labute approximate surface area is 243 Å². The summed E-state index contributed by atoms with van der Waals surface area (Å²) in [5, 5.41) is 11.4. The van der Waals surface area contributed by atoms with Crippen LogP contribution >= 0.6 is 11.8 Å². The van der Waals surface area contributed by atoms with Crippen LogP contribution in [-0.4, -0.2) is 34.2 Å². The van der Waals surface area contributed by atoms with Crippen molar-refractivity contribution in [2.45, 2.75) is 55.1 Å². The quantitative estimate of drug-likeness (QED) is 0.135. The van der Waals surface area contributed by atoms with Crippen LogP contribution < -0.4 is 0 Å². The van der Waals surface area contributed by atoms with Gasteiger partial charge in [0.2, 0.25) is 5.91 Å². The number of β-lactam (4-membered cyclic amide) rings is 1. The van der Waals surface area contributed by atoms with Gasteiger partial charge in [-0.25, -0.2) is 0 Å². The van der Waals surface area contributed by atoms with Crippen LogP contribution in [0.3, 0.4) is 0 Å². The molecule has 2 heterocycles. The van der Waals surface area contributed by atoms with E-state index in [-0.39, 0.29) is 16.3 Å². The van der Waals surface area contributed by atoms with Crippen molar-refractivity contribution < 1.29 is 9.90 Å². The van der Waals surface area contributed by atoms with E-state index in [4.69, 9.17) is 0 Å². The van der Waals surface area contributed by atoms with E-state index in [9.17, 15) is 9.90 Å². The number of thioether (sulfide) groups is 1. The van der Waals surface area contributed by atoms with E-state index >= 15 is 0 Å². The van der Waals surface area contributed by atoms with Crippen molar-refractivity contribution in [1.82, 2.24) is 9.55 Å². The van der Waals surface area contributed by atoms with Gasteiger partial charge in [0.05, 0.1) is 22.1 Å².